The number of benzene rings is 1. The van der Waals surface area contributed by atoms with Gasteiger partial charge >= 0.3 is 0 Å². The third-order valence-corrected chi connectivity index (χ3v) is 4.13. The molecule has 0 aliphatic carbocycles. The van der Waals surface area contributed by atoms with Crippen molar-refractivity contribution in [3.63, 3.8) is 0 Å². The van der Waals surface area contributed by atoms with Gasteiger partial charge < -0.3 is 10.1 Å². The Morgan fingerprint density at radius 2 is 1.74 bits per heavy atom. The van der Waals surface area contributed by atoms with Crippen LogP contribution in [0.15, 0.2) is 42.7 Å². The van der Waals surface area contributed by atoms with E-state index in [1.807, 2.05) is 17.4 Å². The predicted octanol–water partition coefficient (Wildman–Crippen LogP) is 3.50. The fourth-order valence-corrected chi connectivity index (χ4v) is 2.87. The van der Waals surface area contributed by atoms with E-state index in [0.29, 0.717) is 11.3 Å². The van der Waals surface area contributed by atoms with Gasteiger partial charge in [0.05, 0.1) is 11.4 Å². The van der Waals surface area contributed by atoms with Gasteiger partial charge in [-0.15, -0.1) is 0 Å². The Hall–Kier alpha value is -3.86. The SMILES string of the molecule is Cc1cnc2ccc(-c3nc(C#N)c(N)nc3-c3cc(F)cc(F)c3)cn12. The predicted molar refractivity (Wildman–Crippen MR) is 95.4 cm³/mol. The second-order valence-corrected chi connectivity index (χ2v) is 5.97. The number of halogens is 2. The Bertz CT molecular complexity index is 1220. The lowest BCUT2D eigenvalue weighted by molar-refractivity contribution is 0.584. The van der Waals surface area contributed by atoms with E-state index < -0.39 is 11.6 Å². The quantitative estimate of drug-likeness (QED) is 0.589. The van der Waals surface area contributed by atoms with E-state index in [-0.39, 0.29) is 22.8 Å². The van der Waals surface area contributed by atoms with Gasteiger partial charge in [0.2, 0.25) is 0 Å². The summed E-state index contributed by atoms with van der Waals surface area (Å²) in [4.78, 5) is 12.7. The monoisotopic (exact) mass is 362 g/mol. The van der Waals surface area contributed by atoms with Crippen LogP contribution in [0.5, 0.6) is 0 Å². The first-order valence-corrected chi connectivity index (χ1v) is 7.94. The second-order valence-electron chi connectivity index (χ2n) is 5.97. The van der Waals surface area contributed by atoms with Gasteiger partial charge in [-0.1, -0.05) is 0 Å². The molecule has 27 heavy (non-hydrogen) atoms. The van der Waals surface area contributed by atoms with Crippen molar-refractivity contribution in [2.75, 3.05) is 5.73 Å². The van der Waals surface area contributed by atoms with Gasteiger partial charge in [0.1, 0.15) is 23.4 Å². The van der Waals surface area contributed by atoms with Gasteiger partial charge in [-0.3, -0.25) is 0 Å². The van der Waals surface area contributed by atoms with Crippen LogP contribution in [0.3, 0.4) is 0 Å². The Balaban J connectivity index is 2.02. The van der Waals surface area contributed by atoms with E-state index in [9.17, 15) is 14.0 Å². The van der Waals surface area contributed by atoms with Crippen molar-refractivity contribution in [3.8, 4) is 28.6 Å². The fourth-order valence-electron chi connectivity index (χ4n) is 2.87. The second kappa shape index (κ2) is 6.14. The van der Waals surface area contributed by atoms with Gasteiger partial charge in [-0.05, 0) is 31.2 Å². The van der Waals surface area contributed by atoms with Crippen LogP contribution in [0.2, 0.25) is 0 Å². The number of anilines is 1. The highest BCUT2D eigenvalue weighted by atomic mass is 19.1. The molecule has 0 fully saturated rings. The van der Waals surface area contributed by atoms with Crippen LogP contribution in [0.4, 0.5) is 14.6 Å². The number of aryl methyl sites for hydroxylation is 1. The summed E-state index contributed by atoms with van der Waals surface area (Å²) in [7, 11) is 0. The third-order valence-electron chi connectivity index (χ3n) is 4.13. The first-order valence-electron chi connectivity index (χ1n) is 7.94. The first-order chi connectivity index (χ1) is 13.0. The standard InChI is InChI=1S/C19H12F2N6/c1-10-8-24-16-3-2-11(9-27(10)16)17-18(26-19(23)15(7-22)25-17)12-4-13(20)6-14(21)5-12/h2-6,8-9H,1H3,(H2,23,26). The normalized spacial score (nSPS) is 10.9. The molecule has 0 atom stereocenters. The number of rotatable bonds is 2. The summed E-state index contributed by atoms with van der Waals surface area (Å²) in [5.41, 5.74) is 8.62. The van der Waals surface area contributed by atoms with Crippen LogP contribution < -0.4 is 5.73 Å². The van der Waals surface area contributed by atoms with Crippen LogP contribution >= 0.6 is 0 Å². The van der Waals surface area contributed by atoms with Gasteiger partial charge in [0.15, 0.2) is 11.5 Å². The molecule has 3 heterocycles. The molecule has 0 radical (unpaired) electrons. The van der Waals surface area contributed by atoms with E-state index in [1.54, 1.807) is 24.5 Å². The molecule has 4 aromatic rings. The topological polar surface area (TPSA) is 92.9 Å². The van der Waals surface area contributed by atoms with E-state index in [1.165, 1.54) is 0 Å². The molecule has 6 nitrogen and oxygen atoms in total. The van der Waals surface area contributed by atoms with Gasteiger partial charge in [-0.25, -0.2) is 23.7 Å². The van der Waals surface area contributed by atoms with E-state index in [0.717, 1.165) is 29.5 Å². The maximum atomic E-state index is 13.7. The molecule has 0 unspecified atom stereocenters. The number of aromatic nitrogens is 4. The van der Waals surface area contributed by atoms with Crippen LogP contribution in [0.25, 0.3) is 28.2 Å². The number of nitrogen functional groups attached to an aromatic ring is 1. The van der Waals surface area contributed by atoms with Crippen molar-refractivity contribution in [2.45, 2.75) is 6.92 Å². The smallest absolute Gasteiger partial charge is 0.183 e. The van der Waals surface area contributed by atoms with E-state index >= 15 is 0 Å². The van der Waals surface area contributed by atoms with E-state index in [4.69, 9.17) is 5.73 Å². The van der Waals surface area contributed by atoms with Crippen LogP contribution in [-0.2, 0) is 0 Å². The minimum Gasteiger partial charge on any atom is -0.381 e. The molecule has 0 spiro atoms. The van der Waals surface area contributed by atoms with Crippen LogP contribution in [0, 0.1) is 29.9 Å². The molecule has 0 aliphatic heterocycles. The Morgan fingerprint density at radius 3 is 2.44 bits per heavy atom. The lowest BCUT2D eigenvalue weighted by Gasteiger charge is -2.11. The average Bonchev–Trinajstić information content (AvgIpc) is 3.01. The maximum Gasteiger partial charge on any atom is 0.183 e. The van der Waals surface area contributed by atoms with Crippen LogP contribution in [-0.4, -0.2) is 19.4 Å². The fraction of sp³-hybridized carbons (Fsp3) is 0.0526. The molecular weight excluding hydrogens is 350 g/mol. The number of imidazole rings is 1. The summed E-state index contributed by atoms with van der Waals surface area (Å²) in [6.07, 6.45) is 3.50. The summed E-state index contributed by atoms with van der Waals surface area (Å²) in [6.45, 7) is 1.89. The molecule has 4 rings (SSSR count). The Morgan fingerprint density at radius 1 is 1.04 bits per heavy atom. The minimum atomic E-state index is -0.749. The number of hydrogen-bond donors (Lipinski definition) is 1. The van der Waals surface area contributed by atoms with Gasteiger partial charge in [0, 0.05) is 35.3 Å². The maximum absolute atomic E-state index is 13.7. The molecule has 1 aromatic carbocycles. The molecule has 0 bridgehead atoms. The summed E-state index contributed by atoms with van der Waals surface area (Å²) < 4.78 is 29.3. The molecule has 0 saturated heterocycles. The average molecular weight is 362 g/mol. The molecule has 0 saturated carbocycles. The number of nitrogens with two attached hydrogens (primary N) is 1. The zero-order valence-electron chi connectivity index (χ0n) is 14.1. The summed E-state index contributed by atoms with van der Waals surface area (Å²) in [5, 5.41) is 9.25. The number of nitriles is 1. The van der Waals surface area contributed by atoms with Crippen molar-refractivity contribution in [3.05, 3.63) is 65.7 Å². The molecule has 132 valence electrons. The van der Waals surface area contributed by atoms with Crippen molar-refractivity contribution >= 4 is 11.5 Å². The Labute approximate surface area is 152 Å². The zero-order valence-corrected chi connectivity index (χ0v) is 14.1. The van der Waals surface area contributed by atoms with Crippen molar-refractivity contribution in [2.24, 2.45) is 0 Å². The number of nitrogens with zero attached hydrogens (tertiary/aromatic N) is 5. The lowest BCUT2D eigenvalue weighted by Crippen LogP contribution is -2.04. The highest BCUT2D eigenvalue weighted by Crippen LogP contribution is 2.32. The number of fused-ring (bicyclic) bond motifs is 1. The first kappa shape index (κ1) is 16.6. The number of pyridine rings is 1. The molecule has 3 aromatic heterocycles. The molecular formula is C19H12F2N6. The highest BCUT2D eigenvalue weighted by molar-refractivity contribution is 5.80. The largest absolute Gasteiger partial charge is 0.381 e. The summed E-state index contributed by atoms with van der Waals surface area (Å²) in [6, 6.07) is 8.47. The van der Waals surface area contributed by atoms with Crippen molar-refractivity contribution in [1.82, 2.24) is 19.4 Å². The molecule has 8 heteroatoms. The van der Waals surface area contributed by atoms with E-state index in [2.05, 4.69) is 15.0 Å². The molecule has 2 N–H and O–H groups in total. The van der Waals surface area contributed by atoms with Crippen molar-refractivity contribution < 1.29 is 8.78 Å². The molecule has 0 aliphatic rings. The zero-order chi connectivity index (χ0) is 19.1. The summed E-state index contributed by atoms with van der Waals surface area (Å²) in [5.74, 6) is -1.61. The summed E-state index contributed by atoms with van der Waals surface area (Å²) >= 11 is 0. The highest BCUT2D eigenvalue weighted by Gasteiger charge is 2.17. The van der Waals surface area contributed by atoms with Gasteiger partial charge in [-0.2, -0.15) is 5.26 Å². The van der Waals surface area contributed by atoms with Gasteiger partial charge in [0.25, 0.3) is 0 Å². The minimum absolute atomic E-state index is 0.0620. The van der Waals surface area contributed by atoms with Crippen molar-refractivity contribution in [1.29, 1.82) is 5.26 Å². The lowest BCUT2D eigenvalue weighted by atomic mass is 10.0. The Kier molecular flexibility index (Phi) is 3.78. The van der Waals surface area contributed by atoms with Crippen LogP contribution in [0.1, 0.15) is 11.4 Å². The number of hydrogen-bond acceptors (Lipinski definition) is 5. The third kappa shape index (κ3) is 2.85. The molecule has 0 amide bonds.